The second-order valence-corrected chi connectivity index (χ2v) is 6.06. The average Bonchev–Trinajstić information content (AvgIpc) is 2.78. The second-order valence-electron chi connectivity index (χ2n) is 5.14. The van der Waals surface area contributed by atoms with Gasteiger partial charge in [-0.05, 0) is 28.1 Å². The number of rotatable bonds is 2. The van der Waals surface area contributed by atoms with E-state index in [-0.39, 0.29) is 11.3 Å². The maximum absolute atomic E-state index is 11.9. The Morgan fingerprint density at radius 1 is 1.37 bits per heavy atom. The van der Waals surface area contributed by atoms with Crippen LogP contribution < -0.4 is 5.32 Å². The first-order valence-corrected chi connectivity index (χ1v) is 6.55. The number of anilines is 1. The van der Waals surface area contributed by atoms with Gasteiger partial charge in [-0.3, -0.25) is 10.1 Å². The van der Waals surface area contributed by atoms with E-state index in [9.17, 15) is 4.79 Å². The van der Waals surface area contributed by atoms with Gasteiger partial charge in [0.1, 0.15) is 5.69 Å². The Hall–Kier alpha value is -1.69. The molecule has 2 rings (SSSR count). The first-order chi connectivity index (χ1) is 8.86. The predicted octanol–water partition coefficient (Wildman–Crippen LogP) is 3.38. The minimum atomic E-state index is -0.330. The molecule has 0 fully saturated rings. The summed E-state index contributed by atoms with van der Waals surface area (Å²) in [4.78, 5) is 15.9. The molecule has 0 aliphatic rings. The second kappa shape index (κ2) is 5.13. The molecular weight excluding hydrogens is 310 g/mol. The molecular formula is C13H14BrN3O2. The highest BCUT2D eigenvalue weighted by Crippen LogP contribution is 2.23. The Balaban J connectivity index is 2.11. The van der Waals surface area contributed by atoms with Crippen molar-refractivity contribution >= 4 is 27.7 Å². The number of aromatic nitrogens is 2. The minimum Gasteiger partial charge on any atom is -0.338 e. The molecule has 0 unspecified atom stereocenters. The van der Waals surface area contributed by atoms with Crippen molar-refractivity contribution < 1.29 is 9.32 Å². The van der Waals surface area contributed by atoms with E-state index in [1.165, 1.54) is 0 Å². The topological polar surface area (TPSA) is 68.0 Å². The van der Waals surface area contributed by atoms with Crippen molar-refractivity contribution in [2.24, 2.45) is 0 Å². The molecule has 2 aromatic heterocycles. The van der Waals surface area contributed by atoms with Gasteiger partial charge in [0.25, 0.3) is 5.91 Å². The Bertz CT molecular complexity index is 585. The molecule has 0 aliphatic carbocycles. The minimum absolute atomic E-state index is 0.123. The lowest BCUT2D eigenvalue weighted by molar-refractivity contribution is 0.101. The quantitative estimate of drug-likeness (QED) is 0.919. The van der Waals surface area contributed by atoms with Crippen LogP contribution in [0.15, 0.2) is 33.4 Å². The number of pyridine rings is 1. The first kappa shape index (κ1) is 13.7. The van der Waals surface area contributed by atoms with Crippen LogP contribution in [0.3, 0.4) is 0 Å². The van der Waals surface area contributed by atoms with Gasteiger partial charge in [0, 0.05) is 22.2 Å². The Morgan fingerprint density at radius 3 is 2.63 bits per heavy atom. The zero-order valence-corrected chi connectivity index (χ0v) is 12.5. The summed E-state index contributed by atoms with van der Waals surface area (Å²) in [5.41, 5.74) is 0.978. The number of nitrogens with one attached hydrogen (secondary N) is 1. The molecule has 0 aromatic carbocycles. The standard InChI is InChI=1S/C13H14BrN3O2/c1-13(2,3)10-6-11(19-17-10)16-12(18)9-5-4-8(14)7-15-9/h4-7H,1-3H3,(H,16,18). The number of halogens is 1. The molecule has 0 aliphatic heterocycles. The molecule has 1 amide bonds. The van der Waals surface area contributed by atoms with Crippen LogP contribution in [-0.2, 0) is 5.41 Å². The summed E-state index contributed by atoms with van der Waals surface area (Å²) in [5.74, 6) is -0.0104. The Labute approximate surface area is 119 Å². The summed E-state index contributed by atoms with van der Waals surface area (Å²) in [6.07, 6.45) is 1.57. The molecule has 2 aromatic rings. The maximum Gasteiger partial charge on any atom is 0.276 e. The summed E-state index contributed by atoms with van der Waals surface area (Å²) in [6, 6.07) is 5.10. The smallest absolute Gasteiger partial charge is 0.276 e. The number of hydrogen-bond acceptors (Lipinski definition) is 4. The van der Waals surface area contributed by atoms with Crippen molar-refractivity contribution in [3.63, 3.8) is 0 Å². The summed E-state index contributed by atoms with van der Waals surface area (Å²) < 4.78 is 5.91. The molecule has 1 N–H and O–H groups in total. The predicted molar refractivity (Wildman–Crippen MR) is 75.1 cm³/mol. The SMILES string of the molecule is CC(C)(C)c1cc(NC(=O)c2ccc(Br)cn2)on1. The molecule has 6 heteroatoms. The van der Waals surface area contributed by atoms with Gasteiger partial charge >= 0.3 is 0 Å². The largest absolute Gasteiger partial charge is 0.338 e. The first-order valence-electron chi connectivity index (χ1n) is 5.76. The van der Waals surface area contributed by atoms with Gasteiger partial charge in [-0.15, -0.1) is 0 Å². The van der Waals surface area contributed by atoms with E-state index < -0.39 is 0 Å². The van der Waals surface area contributed by atoms with Crippen LogP contribution in [0.4, 0.5) is 5.88 Å². The Morgan fingerprint density at radius 2 is 2.11 bits per heavy atom. The molecule has 19 heavy (non-hydrogen) atoms. The van der Waals surface area contributed by atoms with Gasteiger partial charge in [0.05, 0.1) is 5.69 Å². The fourth-order valence-electron chi connectivity index (χ4n) is 1.37. The fraction of sp³-hybridized carbons (Fsp3) is 0.308. The third kappa shape index (κ3) is 3.41. The van der Waals surface area contributed by atoms with Crippen LogP contribution in [0.25, 0.3) is 0 Å². The third-order valence-electron chi connectivity index (χ3n) is 2.48. The van der Waals surface area contributed by atoms with Crippen LogP contribution in [0.5, 0.6) is 0 Å². The summed E-state index contributed by atoms with van der Waals surface area (Å²) in [7, 11) is 0. The van der Waals surface area contributed by atoms with Crippen LogP contribution in [0.1, 0.15) is 37.0 Å². The van der Waals surface area contributed by atoms with Crippen LogP contribution >= 0.6 is 15.9 Å². The van der Waals surface area contributed by atoms with Crippen LogP contribution in [0.2, 0.25) is 0 Å². The van der Waals surface area contributed by atoms with Crippen molar-refractivity contribution in [1.29, 1.82) is 0 Å². The summed E-state index contributed by atoms with van der Waals surface area (Å²) in [5, 5.41) is 6.55. The lowest BCUT2D eigenvalue weighted by Crippen LogP contribution is -2.13. The molecule has 2 heterocycles. The lowest BCUT2D eigenvalue weighted by Gasteiger charge is -2.12. The highest BCUT2D eigenvalue weighted by atomic mass is 79.9. The van der Waals surface area contributed by atoms with E-state index in [2.05, 4.69) is 31.4 Å². The summed E-state index contributed by atoms with van der Waals surface area (Å²) in [6.45, 7) is 6.06. The normalized spacial score (nSPS) is 11.4. The Kier molecular flexibility index (Phi) is 3.71. The van der Waals surface area contributed by atoms with E-state index in [4.69, 9.17) is 4.52 Å². The van der Waals surface area contributed by atoms with Crippen LogP contribution in [0, 0.1) is 0 Å². The van der Waals surface area contributed by atoms with E-state index in [1.54, 1.807) is 24.4 Å². The zero-order valence-electron chi connectivity index (χ0n) is 10.9. The number of nitrogens with zero attached hydrogens (tertiary/aromatic N) is 2. The van der Waals surface area contributed by atoms with Crippen molar-refractivity contribution in [2.45, 2.75) is 26.2 Å². The van der Waals surface area contributed by atoms with E-state index in [0.717, 1.165) is 10.2 Å². The van der Waals surface area contributed by atoms with Crippen molar-refractivity contribution in [2.75, 3.05) is 5.32 Å². The number of hydrogen-bond donors (Lipinski definition) is 1. The zero-order chi connectivity index (χ0) is 14.0. The van der Waals surface area contributed by atoms with Gasteiger partial charge in [0.2, 0.25) is 5.88 Å². The average molecular weight is 324 g/mol. The van der Waals surface area contributed by atoms with Gasteiger partial charge in [-0.25, -0.2) is 4.98 Å². The molecule has 0 saturated heterocycles. The monoisotopic (exact) mass is 323 g/mol. The number of amides is 1. The molecule has 0 atom stereocenters. The molecule has 100 valence electrons. The molecule has 0 bridgehead atoms. The lowest BCUT2D eigenvalue weighted by atomic mass is 9.92. The number of carbonyl (C=O) groups excluding carboxylic acids is 1. The van der Waals surface area contributed by atoms with Gasteiger partial charge in [-0.2, -0.15) is 0 Å². The molecule has 5 nitrogen and oxygen atoms in total. The maximum atomic E-state index is 11.9. The highest BCUT2D eigenvalue weighted by molar-refractivity contribution is 9.10. The van der Waals surface area contributed by atoms with E-state index in [1.807, 2.05) is 20.8 Å². The summed E-state index contributed by atoms with van der Waals surface area (Å²) >= 11 is 3.26. The third-order valence-corrected chi connectivity index (χ3v) is 2.94. The van der Waals surface area contributed by atoms with E-state index >= 15 is 0 Å². The van der Waals surface area contributed by atoms with Crippen LogP contribution in [-0.4, -0.2) is 16.0 Å². The molecule has 0 spiro atoms. The highest BCUT2D eigenvalue weighted by Gasteiger charge is 2.20. The van der Waals surface area contributed by atoms with Gasteiger partial charge in [0.15, 0.2) is 0 Å². The van der Waals surface area contributed by atoms with Gasteiger partial charge in [-0.1, -0.05) is 25.9 Å². The fourth-order valence-corrected chi connectivity index (χ4v) is 1.61. The van der Waals surface area contributed by atoms with Crippen molar-refractivity contribution in [1.82, 2.24) is 10.1 Å². The van der Waals surface area contributed by atoms with Gasteiger partial charge < -0.3 is 4.52 Å². The van der Waals surface area contributed by atoms with E-state index in [0.29, 0.717) is 11.6 Å². The van der Waals surface area contributed by atoms with Crippen molar-refractivity contribution in [3.8, 4) is 0 Å². The number of carbonyl (C=O) groups is 1. The molecule has 0 saturated carbocycles. The van der Waals surface area contributed by atoms with Crippen molar-refractivity contribution in [3.05, 3.63) is 40.3 Å². The molecule has 0 radical (unpaired) electrons.